The molecule has 2 rings (SSSR count). The van der Waals surface area contributed by atoms with E-state index in [2.05, 4.69) is 4.98 Å². The maximum atomic E-state index is 11.9. The first-order valence-electron chi connectivity index (χ1n) is 6.54. The van der Waals surface area contributed by atoms with Gasteiger partial charge in [0.1, 0.15) is 18.3 Å². The molecule has 0 bridgehead atoms. The maximum absolute atomic E-state index is 11.9. The van der Waals surface area contributed by atoms with Crippen LogP contribution in [0.5, 0.6) is 0 Å². The lowest BCUT2D eigenvalue weighted by atomic mass is 10.1. The Morgan fingerprint density at radius 1 is 1.30 bits per heavy atom. The van der Waals surface area contributed by atoms with Gasteiger partial charge in [0.15, 0.2) is 6.23 Å². The van der Waals surface area contributed by atoms with Gasteiger partial charge in [-0.1, -0.05) is 0 Å². The molecule has 1 fully saturated rings. The average molecular weight is 348 g/mol. The standard InChI is InChI=1S/C12H17N2O8P/c1-20-9-7(4-6-23(17,18)19)22-11(10(9)21-2)14-5-3-8(15)13-12(14)16/h3-7,9-11H,1-2H3,(H,13,15,16)(H2,17,18,19)/b6-4+. The third kappa shape index (κ3) is 4.05. The van der Waals surface area contributed by atoms with E-state index in [1.165, 1.54) is 20.4 Å². The Kier molecular flexibility index (Phi) is 5.35. The number of hydrogen-bond acceptors (Lipinski definition) is 6. The monoisotopic (exact) mass is 348 g/mol. The molecule has 3 N–H and O–H groups in total. The molecule has 1 saturated heterocycles. The lowest BCUT2D eigenvalue weighted by molar-refractivity contribution is -0.0536. The van der Waals surface area contributed by atoms with Gasteiger partial charge >= 0.3 is 13.3 Å². The smallest absolute Gasteiger partial charge is 0.348 e. The first-order valence-corrected chi connectivity index (χ1v) is 8.22. The molecule has 1 aliphatic rings. The third-order valence-electron chi connectivity index (χ3n) is 3.36. The summed E-state index contributed by atoms with van der Waals surface area (Å²) in [6, 6.07) is 1.15. The van der Waals surface area contributed by atoms with Crippen LogP contribution < -0.4 is 11.2 Å². The molecule has 10 nitrogen and oxygen atoms in total. The molecule has 11 heteroatoms. The Hall–Kier alpha value is -1.55. The topological polar surface area (TPSA) is 140 Å². The molecule has 128 valence electrons. The van der Waals surface area contributed by atoms with Crippen LogP contribution >= 0.6 is 7.60 Å². The predicted molar refractivity (Wildman–Crippen MR) is 78.0 cm³/mol. The fourth-order valence-corrected chi connectivity index (χ4v) is 2.78. The molecule has 1 aromatic rings. The fourth-order valence-electron chi connectivity index (χ4n) is 2.39. The average Bonchev–Trinajstić information content (AvgIpc) is 2.81. The summed E-state index contributed by atoms with van der Waals surface area (Å²) in [6.07, 6.45) is -0.791. The largest absolute Gasteiger partial charge is 0.375 e. The zero-order valence-corrected chi connectivity index (χ0v) is 13.3. The molecule has 0 spiro atoms. The highest BCUT2D eigenvalue weighted by Crippen LogP contribution is 2.39. The highest BCUT2D eigenvalue weighted by molar-refractivity contribution is 7.55. The van der Waals surface area contributed by atoms with Gasteiger partial charge in [0.05, 0.1) is 0 Å². The van der Waals surface area contributed by atoms with Crippen molar-refractivity contribution >= 4 is 7.60 Å². The second kappa shape index (κ2) is 6.91. The van der Waals surface area contributed by atoms with Gasteiger partial charge < -0.3 is 24.0 Å². The summed E-state index contributed by atoms with van der Waals surface area (Å²) in [6.45, 7) is 0. The van der Waals surface area contributed by atoms with E-state index in [9.17, 15) is 14.2 Å². The van der Waals surface area contributed by atoms with Crippen LogP contribution in [0.1, 0.15) is 6.23 Å². The second-order valence-corrected chi connectivity index (χ2v) is 6.32. The predicted octanol–water partition coefficient (Wildman–Crippen LogP) is -0.845. The summed E-state index contributed by atoms with van der Waals surface area (Å²) in [7, 11) is -1.59. The molecule has 4 atom stereocenters. The molecule has 2 heterocycles. The van der Waals surface area contributed by atoms with E-state index in [1.807, 2.05) is 0 Å². The lowest BCUT2D eigenvalue weighted by Crippen LogP contribution is -2.39. The Morgan fingerprint density at radius 2 is 1.96 bits per heavy atom. The van der Waals surface area contributed by atoms with Crippen LogP contribution in [0.3, 0.4) is 0 Å². The zero-order valence-electron chi connectivity index (χ0n) is 12.4. The normalized spacial score (nSPS) is 28.5. The number of nitrogens with zero attached hydrogens (tertiary/aromatic N) is 1. The Labute approximate surface area is 130 Å². The van der Waals surface area contributed by atoms with E-state index in [-0.39, 0.29) is 0 Å². The van der Waals surface area contributed by atoms with Crippen LogP contribution in [0.15, 0.2) is 33.7 Å². The van der Waals surface area contributed by atoms with Gasteiger partial charge in [0.25, 0.3) is 5.56 Å². The van der Waals surface area contributed by atoms with Crippen molar-refractivity contribution in [3.8, 4) is 0 Å². The van der Waals surface area contributed by atoms with E-state index >= 15 is 0 Å². The van der Waals surface area contributed by atoms with Gasteiger partial charge in [-0.3, -0.25) is 18.9 Å². The van der Waals surface area contributed by atoms with Crippen molar-refractivity contribution in [3.63, 3.8) is 0 Å². The minimum absolute atomic E-state index is 0.556. The van der Waals surface area contributed by atoms with Crippen molar-refractivity contribution in [2.45, 2.75) is 24.5 Å². The summed E-state index contributed by atoms with van der Waals surface area (Å²) >= 11 is 0. The molecule has 23 heavy (non-hydrogen) atoms. The van der Waals surface area contributed by atoms with Crippen molar-refractivity contribution in [2.24, 2.45) is 0 Å². The lowest BCUT2D eigenvalue weighted by Gasteiger charge is -2.21. The number of hydrogen-bond donors (Lipinski definition) is 3. The molecule has 0 amide bonds. The summed E-state index contributed by atoms with van der Waals surface area (Å²) in [4.78, 5) is 43.0. The van der Waals surface area contributed by atoms with E-state index in [0.717, 1.165) is 16.7 Å². The molecule has 0 aliphatic carbocycles. The highest BCUT2D eigenvalue weighted by Gasteiger charge is 2.45. The summed E-state index contributed by atoms with van der Waals surface area (Å²) in [5.41, 5.74) is -1.25. The van der Waals surface area contributed by atoms with Crippen molar-refractivity contribution in [1.82, 2.24) is 9.55 Å². The van der Waals surface area contributed by atoms with Gasteiger partial charge in [-0.25, -0.2) is 4.79 Å². The summed E-state index contributed by atoms with van der Waals surface area (Å²) in [5, 5.41) is 0. The van der Waals surface area contributed by atoms with Crippen LogP contribution in [0, 0.1) is 0 Å². The number of rotatable bonds is 5. The van der Waals surface area contributed by atoms with E-state index in [0.29, 0.717) is 5.82 Å². The van der Waals surface area contributed by atoms with Crippen molar-refractivity contribution in [3.05, 3.63) is 45.0 Å². The van der Waals surface area contributed by atoms with Gasteiger partial charge in [-0.15, -0.1) is 0 Å². The van der Waals surface area contributed by atoms with Crippen LogP contribution in [-0.4, -0.2) is 51.9 Å². The number of aromatic amines is 1. The zero-order chi connectivity index (χ0) is 17.2. The van der Waals surface area contributed by atoms with E-state index < -0.39 is 43.4 Å². The van der Waals surface area contributed by atoms with Crippen molar-refractivity contribution < 1.29 is 28.6 Å². The second-order valence-electron chi connectivity index (χ2n) is 4.84. The minimum Gasteiger partial charge on any atom is -0.375 e. The maximum Gasteiger partial charge on any atom is 0.348 e. The van der Waals surface area contributed by atoms with E-state index in [1.54, 1.807) is 0 Å². The number of H-pyrrole nitrogens is 1. The minimum atomic E-state index is -4.36. The molecular weight excluding hydrogens is 331 g/mol. The Bertz CT molecular complexity index is 735. The summed E-state index contributed by atoms with van der Waals surface area (Å²) in [5.74, 6) is 0.703. The number of aromatic nitrogens is 2. The van der Waals surface area contributed by atoms with Crippen LogP contribution in [0.2, 0.25) is 0 Å². The third-order valence-corrected chi connectivity index (χ3v) is 3.93. The Morgan fingerprint density at radius 3 is 2.48 bits per heavy atom. The SMILES string of the molecule is COC1C(/C=C/P(=O)(O)O)OC(n2ccc(=O)[nH]c2=O)C1OC. The molecular formula is C12H17N2O8P. The molecule has 0 aromatic carbocycles. The van der Waals surface area contributed by atoms with Crippen LogP contribution in [-0.2, 0) is 18.8 Å². The van der Waals surface area contributed by atoms with Gasteiger partial charge in [0.2, 0.25) is 0 Å². The van der Waals surface area contributed by atoms with Crippen molar-refractivity contribution in [2.75, 3.05) is 14.2 Å². The molecule has 0 radical (unpaired) electrons. The quantitative estimate of drug-likeness (QED) is 0.585. The van der Waals surface area contributed by atoms with Crippen LogP contribution in [0.4, 0.5) is 0 Å². The molecule has 0 saturated carbocycles. The van der Waals surface area contributed by atoms with Crippen LogP contribution in [0.25, 0.3) is 0 Å². The van der Waals surface area contributed by atoms with Gasteiger partial charge in [0, 0.05) is 32.3 Å². The first kappa shape index (κ1) is 17.8. The van der Waals surface area contributed by atoms with Gasteiger partial charge in [-0.05, 0) is 6.08 Å². The van der Waals surface area contributed by atoms with Crippen molar-refractivity contribution in [1.29, 1.82) is 0 Å². The number of ether oxygens (including phenoxy) is 3. The molecule has 4 unspecified atom stereocenters. The molecule has 1 aromatic heterocycles. The van der Waals surface area contributed by atoms with Gasteiger partial charge in [-0.2, -0.15) is 0 Å². The van der Waals surface area contributed by atoms with E-state index in [4.69, 9.17) is 24.0 Å². The number of methoxy groups -OCH3 is 2. The fraction of sp³-hybridized carbons (Fsp3) is 0.500. The highest BCUT2D eigenvalue weighted by atomic mass is 31.2. The molecule has 1 aliphatic heterocycles. The first-order chi connectivity index (χ1) is 10.8. The summed E-state index contributed by atoms with van der Waals surface area (Å²) < 4.78 is 28.3. The Balaban J connectivity index is 2.37. The number of nitrogens with one attached hydrogen (secondary N) is 1.